The lowest BCUT2D eigenvalue weighted by Gasteiger charge is -2.30. The second-order valence-corrected chi connectivity index (χ2v) is 9.72. The van der Waals surface area contributed by atoms with Crippen LogP contribution >= 0.6 is 0 Å². The molecule has 2 N–H and O–H groups in total. The van der Waals surface area contributed by atoms with Gasteiger partial charge in [-0.1, -0.05) is 45.8 Å². The number of carbonyl (C=O) groups is 3. The number of nitrogens with two attached hydrogens (primary N) is 1. The standard InChI is InChI=1S/C22H37NO9S/c1-6-7-12-22(15-30-19(24)17(2)3,16-31-20(25)18(4)5)21(26)29-13-10-8-9-11-14-33(27,28)32-23/h2,4,6-16,23H2,1,3,5H3. The Hall–Kier alpha value is -2.24. The van der Waals surface area contributed by atoms with Crippen LogP contribution in [-0.4, -0.2) is 51.9 Å². The van der Waals surface area contributed by atoms with Gasteiger partial charge in [0.15, 0.2) is 0 Å². The number of hydrogen-bond acceptors (Lipinski definition) is 10. The summed E-state index contributed by atoms with van der Waals surface area (Å²) in [7, 11) is -3.70. The minimum atomic E-state index is -3.70. The fourth-order valence-corrected chi connectivity index (χ4v) is 3.33. The van der Waals surface area contributed by atoms with E-state index in [1.165, 1.54) is 13.8 Å². The SMILES string of the molecule is C=C(C)C(=O)OCC(CCCC)(COC(=O)C(=C)C)C(=O)OCCCCCCS(=O)(=O)ON. The molecule has 190 valence electrons. The Morgan fingerprint density at radius 2 is 1.36 bits per heavy atom. The number of ether oxygens (including phenoxy) is 3. The lowest BCUT2D eigenvalue weighted by Crippen LogP contribution is -2.43. The molecule has 0 spiro atoms. The first-order valence-electron chi connectivity index (χ1n) is 10.8. The summed E-state index contributed by atoms with van der Waals surface area (Å²) < 4.78 is 42.2. The van der Waals surface area contributed by atoms with Gasteiger partial charge in [-0.3, -0.25) is 4.79 Å². The zero-order valence-corrected chi connectivity index (χ0v) is 20.7. The van der Waals surface area contributed by atoms with Gasteiger partial charge in [0, 0.05) is 11.1 Å². The number of hydrogen-bond donors (Lipinski definition) is 1. The molecule has 0 saturated carbocycles. The molecule has 0 atom stereocenters. The van der Waals surface area contributed by atoms with E-state index >= 15 is 0 Å². The molecule has 33 heavy (non-hydrogen) atoms. The fraction of sp³-hybridized carbons (Fsp3) is 0.682. The van der Waals surface area contributed by atoms with Crippen molar-refractivity contribution in [2.75, 3.05) is 25.6 Å². The maximum Gasteiger partial charge on any atom is 0.333 e. The van der Waals surface area contributed by atoms with E-state index in [2.05, 4.69) is 23.3 Å². The Bertz CT molecular complexity index is 760. The Morgan fingerprint density at radius 3 is 1.82 bits per heavy atom. The van der Waals surface area contributed by atoms with Crippen molar-refractivity contribution in [2.45, 2.75) is 65.7 Å². The highest BCUT2D eigenvalue weighted by Crippen LogP contribution is 2.29. The smallest absolute Gasteiger partial charge is 0.333 e. The van der Waals surface area contributed by atoms with Crippen LogP contribution in [0.15, 0.2) is 24.3 Å². The van der Waals surface area contributed by atoms with Crippen molar-refractivity contribution in [3.63, 3.8) is 0 Å². The first-order valence-corrected chi connectivity index (χ1v) is 12.4. The highest BCUT2D eigenvalue weighted by atomic mass is 32.2. The predicted molar refractivity (Wildman–Crippen MR) is 122 cm³/mol. The van der Waals surface area contributed by atoms with Crippen LogP contribution in [0.5, 0.6) is 0 Å². The summed E-state index contributed by atoms with van der Waals surface area (Å²) >= 11 is 0. The van der Waals surface area contributed by atoms with E-state index < -0.39 is 33.4 Å². The van der Waals surface area contributed by atoms with Gasteiger partial charge in [-0.2, -0.15) is 18.6 Å². The summed E-state index contributed by atoms with van der Waals surface area (Å²) in [5.74, 6) is 2.53. The zero-order chi connectivity index (χ0) is 25.5. The van der Waals surface area contributed by atoms with E-state index in [1.807, 2.05) is 6.92 Å². The molecule has 0 aliphatic carbocycles. The highest BCUT2D eigenvalue weighted by Gasteiger charge is 2.43. The normalized spacial score (nSPS) is 11.5. The van der Waals surface area contributed by atoms with Crippen LogP contribution < -0.4 is 5.90 Å². The predicted octanol–water partition coefficient (Wildman–Crippen LogP) is 2.73. The summed E-state index contributed by atoms with van der Waals surface area (Å²) in [6.07, 6.45) is 3.71. The van der Waals surface area contributed by atoms with Gasteiger partial charge in [0.1, 0.15) is 18.6 Å². The average Bonchev–Trinajstić information content (AvgIpc) is 2.77. The molecule has 0 amide bonds. The maximum atomic E-state index is 13.0. The number of carbonyl (C=O) groups excluding carboxylic acids is 3. The molecule has 0 bridgehead atoms. The van der Waals surface area contributed by atoms with Crippen molar-refractivity contribution in [3.05, 3.63) is 24.3 Å². The van der Waals surface area contributed by atoms with Gasteiger partial charge in [-0.15, -0.1) is 0 Å². The van der Waals surface area contributed by atoms with E-state index in [4.69, 9.17) is 14.2 Å². The average molecular weight is 492 g/mol. The van der Waals surface area contributed by atoms with Crippen LogP contribution in [0.2, 0.25) is 0 Å². The van der Waals surface area contributed by atoms with Gasteiger partial charge in [-0.05, 0) is 33.1 Å². The maximum absolute atomic E-state index is 13.0. The summed E-state index contributed by atoms with van der Waals surface area (Å²) in [6, 6.07) is 0. The monoisotopic (exact) mass is 491 g/mol. The van der Waals surface area contributed by atoms with Gasteiger partial charge in [0.05, 0.1) is 12.4 Å². The van der Waals surface area contributed by atoms with Crippen molar-refractivity contribution in [1.29, 1.82) is 0 Å². The van der Waals surface area contributed by atoms with Gasteiger partial charge >= 0.3 is 17.9 Å². The van der Waals surface area contributed by atoms with E-state index in [-0.39, 0.29) is 43.1 Å². The molecule has 0 radical (unpaired) electrons. The number of rotatable bonds is 18. The van der Waals surface area contributed by atoms with Crippen LogP contribution in [0.25, 0.3) is 0 Å². The zero-order valence-electron chi connectivity index (χ0n) is 19.9. The molecule has 0 aliphatic heterocycles. The molecule has 10 nitrogen and oxygen atoms in total. The number of esters is 3. The van der Waals surface area contributed by atoms with E-state index in [9.17, 15) is 22.8 Å². The van der Waals surface area contributed by atoms with Crippen LogP contribution in [0, 0.1) is 5.41 Å². The van der Waals surface area contributed by atoms with Gasteiger partial charge in [0.2, 0.25) is 0 Å². The molecule has 0 aromatic carbocycles. The quantitative estimate of drug-likeness (QED) is 0.0997. The molecule has 0 rings (SSSR count). The van der Waals surface area contributed by atoms with Crippen LogP contribution in [0.4, 0.5) is 0 Å². The molecule has 0 aliphatic rings. The van der Waals surface area contributed by atoms with Crippen molar-refractivity contribution in [2.24, 2.45) is 11.3 Å². The van der Waals surface area contributed by atoms with Crippen LogP contribution in [0.3, 0.4) is 0 Å². The molecule has 0 fully saturated rings. The third kappa shape index (κ3) is 12.5. The molecule has 0 aromatic rings. The molecular formula is C22H37NO9S. The minimum Gasteiger partial charge on any atom is -0.465 e. The lowest BCUT2D eigenvalue weighted by molar-refractivity contribution is -0.171. The molecular weight excluding hydrogens is 454 g/mol. The molecule has 11 heteroatoms. The van der Waals surface area contributed by atoms with Crippen molar-refractivity contribution < 1.29 is 41.3 Å². The molecule has 0 unspecified atom stereocenters. The fourth-order valence-electron chi connectivity index (χ4n) is 2.68. The second kappa shape index (κ2) is 15.6. The molecule has 0 saturated heterocycles. The highest BCUT2D eigenvalue weighted by molar-refractivity contribution is 7.86. The third-order valence-electron chi connectivity index (χ3n) is 4.77. The first-order chi connectivity index (χ1) is 15.4. The van der Waals surface area contributed by atoms with Crippen LogP contribution in [-0.2, 0) is 43.0 Å². The third-order valence-corrected chi connectivity index (χ3v) is 5.85. The Balaban J connectivity index is 5.10. The van der Waals surface area contributed by atoms with Crippen molar-refractivity contribution in [1.82, 2.24) is 0 Å². The lowest BCUT2D eigenvalue weighted by atomic mass is 9.84. The van der Waals surface area contributed by atoms with Gasteiger partial charge < -0.3 is 14.2 Å². The summed E-state index contributed by atoms with van der Waals surface area (Å²) in [5, 5.41) is 0. The number of unbranched alkanes of at least 4 members (excludes halogenated alkanes) is 4. The van der Waals surface area contributed by atoms with Crippen molar-refractivity contribution in [3.8, 4) is 0 Å². The summed E-state index contributed by atoms with van der Waals surface area (Å²) in [4.78, 5) is 36.9. The van der Waals surface area contributed by atoms with Crippen LogP contribution in [0.1, 0.15) is 65.7 Å². The van der Waals surface area contributed by atoms with Gasteiger partial charge in [0.25, 0.3) is 10.1 Å². The Kier molecular flexibility index (Phi) is 14.5. The molecule has 0 aromatic heterocycles. The Morgan fingerprint density at radius 1 is 0.848 bits per heavy atom. The topological polar surface area (TPSA) is 148 Å². The molecule has 0 heterocycles. The largest absolute Gasteiger partial charge is 0.465 e. The summed E-state index contributed by atoms with van der Waals surface area (Å²) in [5.41, 5.74) is -1.01. The minimum absolute atomic E-state index is 0.0791. The van der Waals surface area contributed by atoms with E-state index in [1.54, 1.807) is 0 Å². The van der Waals surface area contributed by atoms with Crippen molar-refractivity contribution >= 4 is 28.0 Å². The van der Waals surface area contributed by atoms with Gasteiger partial charge in [-0.25, -0.2) is 9.59 Å². The Labute approximate surface area is 196 Å². The van der Waals surface area contributed by atoms with E-state index in [0.717, 1.165) is 6.42 Å². The van der Waals surface area contributed by atoms with E-state index in [0.29, 0.717) is 32.1 Å². The first kappa shape index (κ1) is 30.8. The summed E-state index contributed by atoms with van der Waals surface area (Å²) in [6.45, 7) is 11.4. The second-order valence-electron chi connectivity index (χ2n) is 8.00.